The molecule has 1 N–H and O–H groups in total. The van der Waals surface area contributed by atoms with E-state index in [1.54, 1.807) is 0 Å². The average molecular weight is 340 g/mol. The lowest BCUT2D eigenvalue weighted by molar-refractivity contribution is 0.101. The summed E-state index contributed by atoms with van der Waals surface area (Å²) in [7, 11) is 0. The Bertz CT molecular complexity index is 555. The minimum Gasteiger partial charge on any atom is -0.388 e. The van der Waals surface area contributed by atoms with Gasteiger partial charge in [0.15, 0.2) is 10.6 Å². The van der Waals surface area contributed by atoms with Gasteiger partial charge in [0, 0.05) is 25.7 Å². The molecule has 0 unspecified atom stereocenters. The van der Waals surface area contributed by atoms with Crippen LogP contribution in [0.2, 0.25) is 0 Å². The van der Waals surface area contributed by atoms with E-state index < -0.39 is 0 Å². The first-order valence-corrected chi connectivity index (χ1v) is 9.37. The Morgan fingerprint density at radius 2 is 1.87 bits per heavy atom. The molecule has 0 saturated carbocycles. The number of rotatable bonds is 6. The first-order valence-electron chi connectivity index (χ1n) is 8.96. The van der Waals surface area contributed by atoms with Crippen molar-refractivity contribution in [2.75, 3.05) is 26.2 Å². The lowest BCUT2D eigenvalue weighted by Gasteiger charge is -2.36. The van der Waals surface area contributed by atoms with Crippen molar-refractivity contribution in [2.24, 2.45) is 0 Å². The molecular weight excluding hydrogens is 310 g/mol. The van der Waals surface area contributed by atoms with Crippen molar-refractivity contribution in [3.05, 3.63) is 10.6 Å². The first-order chi connectivity index (χ1) is 11.2. The van der Waals surface area contributed by atoms with Gasteiger partial charge in [-0.1, -0.05) is 6.92 Å². The SMILES string of the molecule is CCCn1c(CO)nn(CN2CCC(N3CCCC3)CC2)c1=S. The van der Waals surface area contributed by atoms with E-state index >= 15 is 0 Å². The van der Waals surface area contributed by atoms with Crippen LogP contribution in [0, 0.1) is 4.77 Å². The molecule has 1 aromatic rings. The van der Waals surface area contributed by atoms with Crippen molar-refractivity contribution in [3.8, 4) is 0 Å². The van der Waals surface area contributed by atoms with Crippen molar-refractivity contribution in [2.45, 2.75) is 64.9 Å². The van der Waals surface area contributed by atoms with E-state index in [0.717, 1.165) is 43.5 Å². The van der Waals surface area contributed by atoms with Crippen molar-refractivity contribution < 1.29 is 5.11 Å². The molecule has 0 bridgehead atoms. The normalized spacial score (nSPS) is 21.3. The van der Waals surface area contributed by atoms with Crippen LogP contribution in [0.5, 0.6) is 0 Å². The zero-order valence-electron chi connectivity index (χ0n) is 14.2. The number of aliphatic hydroxyl groups is 1. The van der Waals surface area contributed by atoms with E-state index in [1.165, 1.54) is 38.8 Å². The minimum absolute atomic E-state index is 0.0479. The number of piperidine rings is 1. The van der Waals surface area contributed by atoms with Crippen LogP contribution in [0.4, 0.5) is 0 Å². The highest BCUT2D eigenvalue weighted by molar-refractivity contribution is 7.71. The Labute approximate surface area is 143 Å². The maximum absolute atomic E-state index is 9.48. The summed E-state index contributed by atoms with van der Waals surface area (Å²) in [4.78, 5) is 5.11. The average Bonchev–Trinajstić information content (AvgIpc) is 3.20. The molecule has 130 valence electrons. The second kappa shape index (κ2) is 7.88. The predicted octanol–water partition coefficient (Wildman–Crippen LogP) is 1.83. The monoisotopic (exact) mass is 339 g/mol. The topological polar surface area (TPSA) is 49.5 Å². The number of nitrogens with zero attached hydrogens (tertiary/aromatic N) is 5. The Morgan fingerprint density at radius 3 is 2.48 bits per heavy atom. The molecule has 2 saturated heterocycles. The molecule has 6 nitrogen and oxygen atoms in total. The van der Waals surface area contributed by atoms with E-state index in [1.807, 2.05) is 9.25 Å². The summed E-state index contributed by atoms with van der Waals surface area (Å²) in [6.45, 7) is 8.43. The number of hydrogen-bond acceptors (Lipinski definition) is 5. The van der Waals surface area contributed by atoms with Crippen LogP contribution in [-0.4, -0.2) is 61.5 Å². The van der Waals surface area contributed by atoms with Gasteiger partial charge in [-0.25, -0.2) is 4.68 Å². The van der Waals surface area contributed by atoms with Gasteiger partial charge in [-0.3, -0.25) is 4.90 Å². The van der Waals surface area contributed by atoms with Crippen molar-refractivity contribution in [1.82, 2.24) is 24.1 Å². The van der Waals surface area contributed by atoms with Gasteiger partial charge in [0.05, 0.1) is 6.67 Å². The van der Waals surface area contributed by atoms with Crippen molar-refractivity contribution >= 4 is 12.2 Å². The van der Waals surface area contributed by atoms with E-state index in [4.69, 9.17) is 12.2 Å². The van der Waals surface area contributed by atoms with Crippen LogP contribution in [0.1, 0.15) is 44.9 Å². The lowest BCUT2D eigenvalue weighted by atomic mass is 10.0. The van der Waals surface area contributed by atoms with Crippen LogP contribution >= 0.6 is 12.2 Å². The molecule has 0 atom stereocenters. The summed E-state index contributed by atoms with van der Waals surface area (Å²) in [6.07, 6.45) is 6.22. The molecule has 0 amide bonds. The zero-order valence-corrected chi connectivity index (χ0v) is 15.0. The van der Waals surface area contributed by atoms with E-state index in [9.17, 15) is 5.11 Å². The highest BCUT2D eigenvalue weighted by Crippen LogP contribution is 2.21. The third kappa shape index (κ3) is 3.84. The molecule has 7 heteroatoms. The summed E-state index contributed by atoms with van der Waals surface area (Å²) < 4.78 is 4.58. The Balaban J connectivity index is 1.59. The maximum Gasteiger partial charge on any atom is 0.199 e. The van der Waals surface area contributed by atoms with Gasteiger partial charge < -0.3 is 14.6 Å². The predicted molar refractivity (Wildman–Crippen MR) is 92.7 cm³/mol. The Kier molecular flexibility index (Phi) is 5.85. The molecule has 2 aliphatic heterocycles. The largest absolute Gasteiger partial charge is 0.388 e. The lowest BCUT2D eigenvalue weighted by Crippen LogP contribution is -2.44. The third-order valence-corrected chi connectivity index (χ3v) is 5.57. The summed E-state index contributed by atoms with van der Waals surface area (Å²) in [6, 6.07) is 0.771. The van der Waals surface area contributed by atoms with Gasteiger partial charge in [-0.05, 0) is 57.4 Å². The fourth-order valence-corrected chi connectivity index (χ4v) is 4.16. The van der Waals surface area contributed by atoms with Gasteiger partial charge in [0.1, 0.15) is 6.61 Å². The molecule has 0 aromatic carbocycles. The summed E-state index contributed by atoms with van der Waals surface area (Å²) in [5.41, 5.74) is 0. The maximum atomic E-state index is 9.48. The molecule has 2 fully saturated rings. The number of aromatic nitrogens is 3. The van der Waals surface area contributed by atoms with Gasteiger partial charge in [-0.2, -0.15) is 5.10 Å². The first kappa shape index (κ1) is 17.1. The van der Waals surface area contributed by atoms with Crippen LogP contribution in [-0.2, 0) is 19.8 Å². The number of hydrogen-bond donors (Lipinski definition) is 1. The summed E-state index contributed by atoms with van der Waals surface area (Å²) >= 11 is 5.54. The van der Waals surface area contributed by atoms with Gasteiger partial charge >= 0.3 is 0 Å². The van der Waals surface area contributed by atoms with Crippen LogP contribution in [0.15, 0.2) is 0 Å². The fraction of sp³-hybridized carbons (Fsp3) is 0.875. The van der Waals surface area contributed by atoms with Crippen LogP contribution in [0.25, 0.3) is 0 Å². The molecule has 0 radical (unpaired) electrons. The van der Waals surface area contributed by atoms with Gasteiger partial charge in [0.25, 0.3) is 0 Å². The molecule has 3 rings (SSSR count). The standard InChI is InChI=1S/C16H29N5OS/c1-2-7-20-15(12-22)17-21(16(20)23)13-18-10-5-14(6-11-18)19-8-3-4-9-19/h14,22H,2-13H2,1H3. The third-order valence-electron chi connectivity index (χ3n) is 5.14. The van der Waals surface area contributed by atoms with Gasteiger partial charge in [0.2, 0.25) is 0 Å². The van der Waals surface area contributed by atoms with E-state index in [0.29, 0.717) is 5.82 Å². The van der Waals surface area contributed by atoms with Crippen LogP contribution in [0.3, 0.4) is 0 Å². The minimum atomic E-state index is -0.0479. The smallest absolute Gasteiger partial charge is 0.199 e. The van der Waals surface area contributed by atoms with Crippen molar-refractivity contribution in [1.29, 1.82) is 0 Å². The summed E-state index contributed by atoms with van der Waals surface area (Å²) in [5, 5.41) is 14.0. The quantitative estimate of drug-likeness (QED) is 0.802. The molecular formula is C16H29N5OS. The molecule has 1 aromatic heterocycles. The molecule has 0 spiro atoms. The van der Waals surface area contributed by atoms with E-state index in [-0.39, 0.29) is 6.61 Å². The van der Waals surface area contributed by atoms with Crippen LogP contribution < -0.4 is 0 Å². The molecule has 0 aliphatic carbocycles. The molecule has 3 heterocycles. The highest BCUT2D eigenvalue weighted by Gasteiger charge is 2.26. The van der Waals surface area contributed by atoms with Gasteiger partial charge in [-0.15, -0.1) is 0 Å². The molecule has 2 aliphatic rings. The highest BCUT2D eigenvalue weighted by atomic mass is 32.1. The second-order valence-corrected chi connectivity index (χ2v) is 7.11. The Hall–Kier alpha value is -0.760. The number of likely N-dealkylation sites (tertiary alicyclic amines) is 2. The van der Waals surface area contributed by atoms with E-state index in [2.05, 4.69) is 21.8 Å². The fourth-order valence-electron chi connectivity index (χ4n) is 3.87. The summed E-state index contributed by atoms with van der Waals surface area (Å²) in [5.74, 6) is 0.684. The second-order valence-electron chi connectivity index (χ2n) is 6.74. The Morgan fingerprint density at radius 1 is 1.17 bits per heavy atom. The van der Waals surface area contributed by atoms with Crippen molar-refractivity contribution in [3.63, 3.8) is 0 Å². The molecule has 23 heavy (non-hydrogen) atoms. The zero-order chi connectivity index (χ0) is 16.2. The number of aliphatic hydroxyl groups excluding tert-OH is 1.